The molecule has 2 aromatic heterocycles. The van der Waals surface area contributed by atoms with Crippen LogP contribution in [-0.4, -0.2) is 97.1 Å². The van der Waals surface area contributed by atoms with Gasteiger partial charge in [-0.1, -0.05) is 12.1 Å². The number of ether oxygens (including phenoxy) is 1. The van der Waals surface area contributed by atoms with E-state index in [0.717, 1.165) is 59.6 Å². The number of rotatable bonds is 8. The molecule has 2 N–H and O–H groups in total. The van der Waals surface area contributed by atoms with Crippen molar-refractivity contribution in [1.29, 1.82) is 0 Å². The molecule has 11 heteroatoms. The highest BCUT2D eigenvalue weighted by atomic mass is 31.2. The molecule has 0 saturated carbocycles. The highest BCUT2D eigenvalue weighted by Crippen LogP contribution is 2.39. The second-order valence-corrected chi connectivity index (χ2v) is 15.3. The summed E-state index contributed by atoms with van der Waals surface area (Å²) in [4.78, 5) is 17.2. The molecule has 228 valence electrons. The number of piperazine rings is 1. The molecule has 2 saturated heterocycles. The first kappa shape index (κ1) is 29.5. The van der Waals surface area contributed by atoms with Gasteiger partial charge >= 0.3 is 0 Å². The van der Waals surface area contributed by atoms with Crippen LogP contribution in [0.4, 0.5) is 28.8 Å². The second-order valence-electron chi connectivity index (χ2n) is 12.1. The van der Waals surface area contributed by atoms with Crippen molar-refractivity contribution in [2.24, 2.45) is 7.05 Å². The number of para-hydroxylation sites is 1. The zero-order chi connectivity index (χ0) is 30.1. The number of aromatic nitrogens is 3. The Morgan fingerprint density at radius 3 is 2.35 bits per heavy atom. The molecule has 0 bridgehead atoms. The lowest BCUT2D eigenvalue weighted by molar-refractivity contribution is 0.0982. The minimum Gasteiger partial charge on any atom is -0.494 e. The molecule has 6 rings (SSSR count). The van der Waals surface area contributed by atoms with Gasteiger partial charge in [-0.25, -0.2) is 4.98 Å². The Morgan fingerprint density at radius 1 is 0.884 bits per heavy atom. The van der Waals surface area contributed by atoms with Gasteiger partial charge in [0.2, 0.25) is 5.95 Å². The van der Waals surface area contributed by atoms with Crippen LogP contribution in [0.3, 0.4) is 0 Å². The summed E-state index contributed by atoms with van der Waals surface area (Å²) in [5.41, 5.74) is 4.41. The number of piperidine rings is 1. The van der Waals surface area contributed by atoms with E-state index >= 15 is 0 Å². The van der Waals surface area contributed by atoms with Crippen LogP contribution in [0.5, 0.6) is 5.75 Å². The van der Waals surface area contributed by atoms with Gasteiger partial charge in [-0.15, -0.1) is 0 Å². The molecule has 2 aromatic carbocycles. The quantitative estimate of drug-likeness (QED) is 0.273. The average Bonchev–Trinajstić information content (AvgIpc) is 3.38. The number of hydrogen-bond donors (Lipinski definition) is 2. The number of benzene rings is 2. The molecule has 0 radical (unpaired) electrons. The monoisotopic (exact) mass is 602 g/mol. The van der Waals surface area contributed by atoms with Gasteiger partial charge in [0.1, 0.15) is 18.4 Å². The van der Waals surface area contributed by atoms with Crippen LogP contribution in [-0.2, 0) is 11.6 Å². The van der Waals surface area contributed by atoms with Crippen LogP contribution in [0.1, 0.15) is 12.8 Å². The summed E-state index contributed by atoms with van der Waals surface area (Å²) in [5.74, 6) is 1.84. The van der Waals surface area contributed by atoms with Crippen LogP contribution in [0.2, 0.25) is 0 Å². The van der Waals surface area contributed by atoms with Gasteiger partial charge in [-0.3, -0.25) is 4.90 Å². The fourth-order valence-electron chi connectivity index (χ4n) is 6.29. The van der Waals surface area contributed by atoms with Gasteiger partial charge in [0.25, 0.3) is 0 Å². The van der Waals surface area contributed by atoms with E-state index in [2.05, 4.69) is 44.5 Å². The topological polar surface area (TPSA) is 90.8 Å². The number of anilines is 5. The van der Waals surface area contributed by atoms with E-state index in [1.54, 1.807) is 20.4 Å². The first-order chi connectivity index (χ1) is 20.7. The van der Waals surface area contributed by atoms with Crippen molar-refractivity contribution in [3.05, 3.63) is 54.7 Å². The molecule has 4 heterocycles. The SMILES string of the molecule is COc1cc(N2CCC(N3CCN(C)CC3)CC2)ccc1Nc1nc(Nc2ccccc2P(C)(C)=O)c2c(ccn2C)n1. The molecule has 10 nitrogen and oxygen atoms in total. The third-order valence-electron chi connectivity index (χ3n) is 8.77. The molecular formula is C32H43N8O2P. The number of fused-ring (bicyclic) bond motifs is 1. The predicted octanol–water partition coefficient (Wildman–Crippen LogP) is 4.93. The Balaban J connectivity index is 1.21. The molecule has 2 aliphatic rings. The number of methoxy groups -OCH3 is 1. The average molecular weight is 603 g/mol. The van der Waals surface area contributed by atoms with E-state index in [4.69, 9.17) is 14.7 Å². The van der Waals surface area contributed by atoms with Gasteiger partial charge in [0, 0.05) is 75.6 Å². The maximum absolute atomic E-state index is 13.0. The van der Waals surface area contributed by atoms with Crippen LogP contribution >= 0.6 is 7.14 Å². The fraction of sp³-hybridized carbons (Fsp3) is 0.438. The normalized spacial score (nSPS) is 17.4. The number of hydrogen-bond acceptors (Lipinski definition) is 9. The van der Waals surface area contributed by atoms with E-state index in [9.17, 15) is 4.57 Å². The minimum atomic E-state index is -2.51. The van der Waals surface area contributed by atoms with Crippen LogP contribution < -0.4 is 25.6 Å². The predicted molar refractivity (Wildman–Crippen MR) is 178 cm³/mol. The zero-order valence-corrected chi connectivity index (χ0v) is 26.8. The van der Waals surface area contributed by atoms with Crippen LogP contribution in [0.15, 0.2) is 54.7 Å². The van der Waals surface area contributed by atoms with Gasteiger partial charge in [-0.05, 0) is 63.6 Å². The number of likely N-dealkylation sites (N-methyl/N-ethyl adjacent to an activating group) is 1. The molecule has 0 atom stereocenters. The lowest BCUT2D eigenvalue weighted by Gasteiger charge is -2.42. The first-order valence-electron chi connectivity index (χ1n) is 15.1. The molecule has 0 spiro atoms. The maximum Gasteiger partial charge on any atom is 0.229 e. The third kappa shape index (κ3) is 6.37. The lowest BCUT2D eigenvalue weighted by atomic mass is 10.0. The third-order valence-corrected chi connectivity index (χ3v) is 10.3. The van der Waals surface area contributed by atoms with Crippen molar-refractivity contribution in [2.75, 3.05) is 82.3 Å². The Bertz CT molecular complexity index is 1630. The maximum atomic E-state index is 13.0. The van der Waals surface area contributed by atoms with Crippen molar-refractivity contribution in [1.82, 2.24) is 24.3 Å². The molecule has 43 heavy (non-hydrogen) atoms. The minimum absolute atomic E-state index is 0.453. The van der Waals surface area contributed by atoms with Gasteiger partial charge in [-0.2, -0.15) is 4.98 Å². The summed E-state index contributed by atoms with van der Waals surface area (Å²) in [6.07, 6.45) is 4.33. The van der Waals surface area contributed by atoms with Gasteiger partial charge < -0.3 is 34.3 Å². The highest BCUT2D eigenvalue weighted by Gasteiger charge is 2.27. The van der Waals surface area contributed by atoms with E-state index in [1.807, 2.05) is 54.2 Å². The first-order valence-corrected chi connectivity index (χ1v) is 17.7. The summed E-state index contributed by atoms with van der Waals surface area (Å²) in [6.45, 7) is 10.3. The van der Waals surface area contributed by atoms with Gasteiger partial charge in [0.15, 0.2) is 5.82 Å². The lowest BCUT2D eigenvalue weighted by Crippen LogP contribution is -2.52. The molecule has 4 aromatic rings. The van der Waals surface area contributed by atoms with Gasteiger partial charge in [0.05, 0.1) is 24.0 Å². The summed E-state index contributed by atoms with van der Waals surface area (Å²) >= 11 is 0. The molecule has 2 fully saturated rings. The summed E-state index contributed by atoms with van der Waals surface area (Å²) < 4.78 is 20.8. The van der Waals surface area contributed by atoms with E-state index < -0.39 is 7.14 Å². The Labute approximate surface area is 254 Å². The van der Waals surface area contributed by atoms with Crippen molar-refractivity contribution in [3.63, 3.8) is 0 Å². The zero-order valence-electron chi connectivity index (χ0n) is 25.9. The second kappa shape index (κ2) is 12.2. The summed E-state index contributed by atoms with van der Waals surface area (Å²) in [6, 6.07) is 16.6. The smallest absolute Gasteiger partial charge is 0.229 e. The number of aryl methyl sites for hydroxylation is 1. The molecule has 0 unspecified atom stereocenters. The summed E-state index contributed by atoms with van der Waals surface area (Å²) in [5, 5.41) is 7.64. The van der Waals surface area contributed by atoms with Crippen LogP contribution in [0, 0.1) is 0 Å². The molecule has 2 aliphatic heterocycles. The van der Waals surface area contributed by atoms with E-state index in [1.165, 1.54) is 31.6 Å². The number of nitrogens with zero attached hydrogens (tertiary/aromatic N) is 6. The van der Waals surface area contributed by atoms with Crippen molar-refractivity contribution < 1.29 is 9.30 Å². The van der Waals surface area contributed by atoms with E-state index in [-0.39, 0.29) is 0 Å². The highest BCUT2D eigenvalue weighted by molar-refractivity contribution is 7.70. The molecule has 0 aliphatic carbocycles. The summed E-state index contributed by atoms with van der Waals surface area (Å²) in [7, 11) is 3.37. The van der Waals surface area contributed by atoms with Crippen molar-refractivity contribution >= 4 is 52.3 Å². The Hall–Kier alpha value is -3.59. The Morgan fingerprint density at radius 2 is 1.63 bits per heavy atom. The largest absolute Gasteiger partial charge is 0.494 e. The molecule has 0 amide bonds. The molecular weight excluding hydrogens is 559 g/mol. The van der Waals surface area contributed by atoms with Crippen molar-refractivity contribution in [3.8, 4) is 5.75 Å². The number of nitrogens with one attached hydrogen (secondary N) is 2. The standard InChI is InChI=1S/C32H43N8O2P/c1-37-18-20-40(21-19-37)23-12-16-39(17-13-23)24-10-11-25(28(22-24)42-3)34-32-35-27-14-15-38(2)30(27)31(36-32)33-26-8-6-7-9-29(26)43(4,5)41/h6-11,14-15,22-23H,12-13,16-21H2,1-5H3,(H2,33,34,35,36). The Kier molecular flexibility index (Phi) is 8.36. The van der Waals surface area contributed by atoms with Crippen molar-refractivity contribution in [2.45, 2.75) is 18.9 Å². The fourth-order valence-corrected chi connectivity index (χ4v) is 7.44. The van der Waals surface area contributed by atoms with Crippen LogP contribution in [0.25, 0.3) is 11.0 Å². The van der Waals surface area contributed by atoms with E-state index in [0.29, 0.717) is 17.8 Å².